The Morgan fingerprint density at radius 2 is 1.81 bits per heavy atom. The Bertz CT molecular complexity index is 1070. The fourth-order valence-corrected chi connectivity index (χ4v) is 5.17. The highest BCUT2D eigenvalue weighted by Crippen LogP contribution is 2.27. The molecule has 1 N–H and O–H groups in total. The average molecular weight is 469 g/mol. The molecule has 0 saturated carbocycles. The molecule has 0 radical (unpaired) electrons. The highest BCUT2D eigenvalue weighted by Gasteiger charge is 2.32. The van der Waals surface area contributed by atoms with Gasteiger partial charge in [0.25, 0.3) is 0 Å². The minimum Gasteiger partial charge on any atom is -0.462 e. The van der Waals surface area contributed by atoms with E-state index in [-0.39, 0.29) is 47.0 Å². The van der Waals surface area contributed by atoms with Gasteiger partial charge in [0.15, 0.2) is 0 Å². The van der Waals surface area contributed by atoms with Gasteiger partial charge < -0.3 is 10.1 Å². The summed E-state index contributed by atoms with van der Waals surface area (Å²) >= 11 is 6.02. The van der Waals surface area contributed by atoms with Gasteiger partial charge in [-0.15, -0.1) is 0 Å². The van der Waals surface area contributed by atoms with Gasteiger partial charge in [0.05, 0.1) is 17.1 Å². The highest BCUT2D eigenvalue weighted by molar-refractivity contribution is 7.89. The molecule has 7 nitrogen and oxygen atoms in total. The molecule has 0 aliphatic carbocycles. The first-order valence-corrected chi connectivity index (χ1v) is 11.6. The summed E-state index contributed by atoms with van der Waals surface area (Å²) in [7, 11) is -3.90. The molecular weight excluding hydrogens is 447 g/mol. The topological polar surface area (TPSA) is 92.8 Å². The molecule has 0 spiro atoms. The first kappa shape index (κ1) is 23.2. The summed E-state index contributed by atoms with van der Waals surface area (Å²) < 4.78 is 45.3. The standard InChI is InChI=1S/C21H22ClFN2O5S/c1-2-30-21(27)15-11-16(22)13-19(12-15)31(28,29)25-9-7-14(8-10-25)20(26)24-18-5-3-17(23)4-6-18/h3-6,11-14H,2,7-10H2,1H3,(H,24,26). The van der Waals surface area contributed by atoms with Crippen molar-refractivity contribution in [1.29, 1.82) is 0 Å². The molecule has 166 valence electrons. The van der Waals surface area contributed by atoms with Crippen LogP contribution in [0.2, 0.25) is 5.02 Å². The van der Waals surface area contributed by atoms with Crippen molar-refractivity contribution >= 4 is 39.2 Å². The SMILES string of the molecule is CCOC(=O)c1cc(Cl)cc(S(=O)(=O)N2CCC(C(=O)Nc3ccc(F)cc3)CC2)c1. The molecule has 2 aromatic rings. The summed E-state index contributed by atoms with van der Waals surface area (Å²) in [5.74, 6) is -1.66. The number of nitrogens with one attached hydrogen (secondary N) is 1. The molecule has 10 heteroatoms. The van der Waals surface area contributed by atoms with Crippen molar-refractivity contribution in [2.45, 2.75) is 24.7 Å². The van der Waals surface area contributed by atoms with E-state index >= 15 is 0 Å². The Hall–Kier alpha value is -2.49. The summed E-state index contributed by atoms with van der Waals surface area (Å²) in [4.78, 5) is 24.3. The van der Waals surface area contributed by atoms with Crippen LogP contribution in [0.15, 0.2) is 47.4 Å². The number of ether oxygens (including phenoxy) is 1. The molecular formula is C21H22ClFN2O5S. The van der Waals surface area contributed by atoms with E-state index in [1.54, 1.807) is 6.92 Å². The Balaban J connectivity index is 1.67. The summed E-state index contributed by atoms with van der Waals surface area (Å²) in [6, 6.07) is 9.31. The third kappa shape index (κ3) is 5.61. The van der Waals surface area contributed by atoms with Crippen molar-refractivity contribution in [3.63, 3.8) is 0 Å². The summed E-state index contributed by atoms with van der Waals surface area (Å²) in [5, 5.41) is 2.83. The summed E-state index contributed by atoms with van der Waals surface area (Å²) in [5.41, 5.74) is 0.536. The zero-order valence-corrected chi connectivity index (χ0v) is 18.4. The van der Waals surface area contributed by atoms with Gasteiger partial charge in [0.1, 0.15) is 5.82 Å². The molecule has 1 fully saturated rings. The van der Waals surface area contributed by atoms with E-state index in [1.165, 1.54) is 46.8 Å². The molecule has 0 aromatic heterocycles. The van der Waals surface area contributed by atoms with Crippen LogP contribution in [0.4, 0.5) is 10.1 Å². The summed E-state index contributed by atoms with van der Waals surface area (Å²) in [6.45, 7) is 2.09. The molecule has 1 amide bonds. The predicted octanol–water partition coefficient (Wildman–Crippen LogP) is 3.70. The maximum Gasteiger partial charge on any atom is 0.338 e. The Kier molecular flexibility index (Phi) is 7.30. The molecule has 1 aliphatic rings. The van der Waals surface area contributed by atoms with Crippen molar-refractivity contribution < 1.29 is 27.1 Å². The molecule has 2 aromatic carbocycles. The second-order valence-electron chi connectivity index (χ2n) is 7.07. The molecule has 1 aliphatic heterocycles. The lowest BCUT2D eigenvalue weighted by Crippen LogP contribution is -2.41. The zero-order valence-electron chi connectivity index (χ0n) is 16.8. The van der Waals surface area contributed by atoms with E-state index < -0.39 is 21.8 Å². The molecule has 1 saturated heterocycles. The number of rotatable bonds is 6. The van der Waals surface area contributed by atoms with Gasteiger partial charge >= 0.3 is 5.97 Å². The fourth-order valence-electron chi connectivity index (χ4n) is 3.33. The number of halogens is 2. The summed E-state index contributed by atoms with van der Waals surface area (Å²) in [6.07, 6.45) is 0.662. The van der Waals surface area contributed by atoms with Crippen LogP contribution in [0.5, 0.6) is 0 Å². The lowest BCUT2D eigenvalue weighted by atomic mass is 9.97. The second kappa shape index (κ2) is 9.76. The van der Waals surface area contributed by atoms with Gasteiger partial charge in [-0.05, 0) is 62.2 Å². The molecule has 0 atom stereocenters. The van der Waals surface area contributed by atoms with Gasteiger partial charge in [0, 0.05) is 29.7 Å². The van der Waals surface area contributed by atoms with Gasteiger partial charge in [-0.3, -0.25) is 4.79 Å². The molecule has 0 unspecified atom stereocenters. The maximum atomic E-state index is 13.1. The number of amides is 1. The number of benzene rings is 2. The molecule has 0 bridgehead atoms. The lowest BCUT2D eigenvalue weighted by Gasteiger charge is -2.30. The number of hydrogen-bond donors (Lipinski definition) is 1. The fraction of sp³-hybridized carbons (Fsp3) is 0.333. The highest BCUT2D eigenvalue weighted by atomic mass is 35.5. The van der Waals surface area contributed by atoms with Crippen molar-refractivity contribution in [3.8, 4) is 0 Å². The van der Waals surface area contributed by atoms with Gasteiger partial charge in [-0.1, -0.05) is 11.6 Å². The van der Waals surface area contributed by atoms with Crippen molar-refractivity contribution in [1.82, 2.24) is 4.31 Å². The van der Waals surface area contributed by atoms with Crippen molar-refractivity contribution in [2.24, 2.45) is 5.92 Å². The van der Waals surface area contributed by atoms with E-state index in [4.69, 9.17) is 16.3 Å². The zero-order chi connectivity index (χ0) is 22.6. The largest absolute Gasteiger partial charge is 0.462 e. The Labute approximate surface area is 185 Å². The average Bonchev–Trinajstić information content (AvgIpc) is 2.75. The van der Waals surface area contributed by atoms with Crippen LogP contribution in [0.25, 0.3) is 0 Å². The van der Waals surface area contributed by atoms with Crippen LogP contribution < -0.4 is 5.32 Å². The van der Waals surface area contributed by atoms with Crippen molar-refractivity contribution in [3.05, 3.63) is 58.9 Å². The maximum absolute atomic E-state index is 13.1. The van der Waals surface area contributed by atoms with Gasteiger partial charge in [0.2, 0.25) is 15.9 Å². The lowest BCUT2D eigenvalue weighted by molar-refractivity contribution is -0.120. The van der Waals surface area contributed by atoms with Gasteiger partial charge in [-0.25, -0.2) is 17.6 Å². The Morgan fingerprint density at radius 3 is 2.42 bits per heavy atom. The monoisotopic (exact) mass is 468 g/mol. The first-order valence-electron chi connectivity index (χ1n) is 9.75. The quantitative estimate of drug-likeness (QED) is 0.652. The minimum absolute atomic E-state index is 0.0569. The second-order valence-corrected chi connectivity index (χ2v) is 9.44. The van der Waals surface area contributed by atoms with E-state index in [9.17, 15) is 22.4 Å². The van der Waals surface area contributed by atoms with Crippen LogP contribution in [0.1, 0.15) is 30.1 Å². The minimum atomic E-state index is -3.90. The smallest absolute Gasteiger partial charge is 0.338 e. The van der Waals surface area contributed by atoms with E-state index in [1.807, 2.05) is 0 Å². The number of carbonyl (C=O) groups excluding carboxylic acids is 2. The number of carbonyl (C=O) groups is 2. The molecule has 31 heavy (non-hydrogen) atoms. The van der Waals surface area contributed by atoms with Gasteiger partial charge in [-0.2, -0.15) is 4.31 Å². The third-order valence-electron chi connectivity index (χ3n) is 4.96. The van der Waals surface area contributed by atoms with Crippen LogP contribution >= 0.6 is 11.6 Å². The predicted molar refractivity (Wildman–Crippen MR) is 114 cm³/mol. The number of nitrogens with zero attached hydrogens (tertiary/aromatic N) is 1. The molecule has 3 rings (SSSR count). The first-order chi connectivity index (χ1) is 14.7. The molecule has 1 heterocycles. The number of sulfonamides is 1. The van der Waals surface area contributed by atoms with E-state index in [0.29, 0.717) is 18.5 Å². The Morgan fingerprint density at radius 1 is 1.16 bits per heavy atom. The number of esters is 1. The van der Waals surface area contributed by atoms with E-state index in [2.05, 4.69) is 5.32 Å². The number of piperidine rings is 1. The van der Waals surface area contributed by atoms with Crippen LogP contribution in [0.3, 0.4) is 0 Å². The van der Waals surface area contributed by atoms with E-state index in [0.717, 1.165) is 0 Å². The van der Waals surface area contributed by atoms with Crippen LogP contribution in [-0.2, 0) is 19.6 Å². The van der Waals surface area contributed by atoms with Crippen LogP contribution in [-0.4, -0.2) is 44.3 Å². The third-order valence-corrected chi connectivity index (χ3v) is 7.05. The number of hydrogen-bond acceptors (Lipinski definition) is 5. The normalized spacial score (nSPS) is 15.5. The number of anilines is 1. The van der Waals surface area contributed by atoms with Crippen LogP contribution in [0, 0.1) is 11.7 Å². The van der Waals surface area contributed by atoms with Crippen molar-refractivity contribution in [2.75, 3.05) is 25.0 Å².